The molecule has 3 nitrogen and oxygen atoms in total. The van der Waals surface area contributed by atoms with Crippen molar-refractivity contribution in [2.45, 2.75) is 6.54 Å². The van der Waals surface area contributed by atoms with Crippen LogP contribution in [0.25, 0.3) is 0 Å². The number of rotatable bonds is 2. The first-order valence-electron chi connectivity index (χ1n) is 5.06. The zero-order valence-electron chi connectivity index (χ0n) is 9.16. The van der Waals surface area contributed by atoms with Gasteiger partial charge in [-0.3, -0.25) is 4.79 Å². The summed E-state index contributed by atoms with van der Waals surface area (Å²) in [6.07, 6.45) is 3.08. The third-order valence-electron chi connectivity index (χ3n) is 2.42. The fourth-order valence-corrected chi connectivity index (χ4v) is 2.24. The summed E-state index contributed by atoms with van der Waals surface area (Å²) in [7, 11) is 0. The number of anilines is 1. The van der Waals surface area contributed by atoms with Gasteiger partial charge in [0.1, 0.15) is 5.82 Å². The van der Waals surface area contributed by atoms with Gasteiger partial charge in [-0.1, -0.05) is 11.6 Å². The van der Waals surface area contributed by atoms with Crippen LogP contribution >= 0.6 is 27.5 Å². The number of aromatic nitrogens is 1. The van der Waals surface area contributed by atoms with Crippen LogP contribution < -0.4 is 11.2 Å². The quantitative estimate of drug-likeness (QED) is 0.919. The second-order valence-corrected chi connectivity index (χ2v) is 5.06. The van der Waals surface area contributed by atoms with E-state index in [9.17, 15) is 9.18 Å². The molecule has 0 saturated carbocycles. The van der Waals surface area contributed by atoms with E-state index in [4.69, 9.17) is 17.3 Å². The van der Waals surface area contributed by atoms with Gasteiger partial charge >= 0.3 is 0 Å². The topological polar surface area (TPSA) is 48.0 Å². The van der Waals surface area contributed by atoms with Gasteiger partial charge in [0.15, 0.2) is 0 Å². The van der Waals surface area contributed by atoms with Gasteiger partial charge in [-0.05, 0) is 39.7 Å². The monoisotopic (exact) mass is 330 g/mol. The lowest BCUT2D eigenvalue weighted by Gasteiger charge is -2.10. The summed E-state index contributed by atoms with van der Waals surface area (Å²) in [5.74, 6) is -0.359. The van der Waals surface area contributed by atoms with Crippen molar-refractivity contribution in [3.8, 4) is 0 Å². The van der Waals surface area contributed by atoms with Crippen molar-refractivity contribution in [1.82, 2.24) is 4.57 Å². The SMILES string of the molecule is Nc1cn(Cc2cc(F)ccc2Cl)cc(Br)c1=O. The van der Waals surface area contributed by atoms with Crippen LogP contribution in [0, 0.1) is 5.82 Å². The Morgan fingerprint density at radius 2 is 2.11 bits per heavy atom. The number of nitrogens with two attached hydrogens (primary N) is 1. The maximum atomic E-state index is 13.1. The van der Waals surface area contributed by atoms with Gasteiger partial charge in [0.25, 0.3) is 0 Å². The van der Waals surface area contributed by atoms with Crippen LogP contribution in [0.4, 0.5) is 10.1 Å². The van der Waals surface area contributed by atoms with Crippen LogP contribution in [0.5, 0.6) is 0 Å². The van der Waals surface area contributed by atoms with E-state index in [0.717, 1.165) is 0 Å². The molecule has 6 heteroatoms. The van der Waals surface area contributed by atoms with Crippen LogP contribution in [0.3, 0.4) is 0 Å². The number of benzene rings is 1. The van der Waals surface area contributed by atoms with E-state index in [1.807, 2.05) is 0 Å². The van der Waals surface area contributed by atoms with E-state index in [-0.39, 0.29) is 16.9 Å². The average Bonchev–Trinajstić information content (AvgIpc) is 2.31. The van der Waals surface area contributed by atoms with E-state index < -0.39 is 0 Å². The first kappa shape index (κ1) is 13.1. The highest BCUT2D eigenvalue weighted by Gasteiger charge is 2.06. The molecule has 0 aliphatic rings. The zero-order chi connectivity index (χ0) is 13.3. The van der Waals surface area contributed by atoms with Gasteiger partial charge in [-0.25, -0.2) is 4.39 Å². The van der Waals surface area contributed by atoms with Crippen LogP contribution in [-0.2, 0) is 6.54 Å². The predicted molar refractivity (Wildman–Crippen MR) is 73.3 cm³/mol. The van der Waals surface area contributed by atoms with Crippen molar-refractivity contribution in [3.63, 3.8) is 0 Å². The molecule has 2 aromatic rings. The molecule has 2 rings (SSSR count). The normalized spacial score (nSPS) is 10.6. The highest BCUT2D eigenvalue weighted by atomic mass is 79.9. The summed E-state index contributed by atoms with van der Waals surface area (Å²) >= 11 is 9.10. The number of nitrogen functional groups attached to an aromatic ring is 1. The number of pyridine rings is 1. The number of halogens is 3. The Kier molecular flexibility index (Phi) is 3.73. The fraction of sp³-hybridized carbons (Fsp3) is 0.0833. The molecular weight excluding hydrogens is 323 g/mol. The predicted octanol–water partition coefficient (Wildman–Crippen LogP) is 3.03. The fourth-order valence-electron chi connectivity index (χ4n) is 1.57. The van der Waals surface area contributed by atoms with Gasteiger partial charge in [-0.2, -0.15) is 0 Å². The molecule has 94 valence electrons. The van der Waals surface area contributed by atoms with Gasteiger partial charge < -0.3 is 10.3 Å². The maximum Gasteiger partial charge on any atom is 0.218 e. The summed E-state index contributed by atoms with van der Waals surface area (Å²) < 4.78 is 15.1. The van der Waals surface area contributed by atoms with Gasteiger partial charge in [0.05, 0.1) is 10.2 Å². The molecule has 0 amide bonds. The minimum absolute atomic E-state index is 0.122. The van der Waals surface area contributed by atoms with Crippen molar-refractivity contribution in [2.75, 3.05) is 5.73 Å². The third kappa shape index (κ3) is 2.73. The van der Waals surface area contributed by atoms with E-state index in [1.165, 1.54) is 24.4 Å². The summed E-state index contributed by atoms with van der Waals surface area (Å²) in [4.78, 5) is 11.4. The first-order chi connectivity index (χ1) is 8.47. The molecule has 1 aromatic heterocycles. The molecule has 2 N–H and O–H groups in total. The molecule has 0 saturated heterocycles. The lowest BCUT2D eigenvalue weighted by molar-refractivity contribution is 0.623. The Hall–Kier alpha value is -1.33. The Labute approximate surface area is 116 Å². The molecule has 1 aromatic carbocycles. The standard InChI is InChI=1S/C12H9BrClFN2O/c13-9-5-17(6-11(16)12(9)18)4-7-3-8(15)1-2-10(7)14/h1-3,5-6H,4,16H2. The third-order valence-corrected chi connectivity index (χ3v) is 3.36. The summed E-state index contributed by atoms with van der Waals surface area (Å²) in [6.45, 7) is 0.333. The van der Waals surface area contributed by atoms with Crippen LogP contribution in [0.1, 0.15) is 5.56 Å². The molecule has 0 bridgehead atoms. The minimum atomic E-state index is -0.359. The second kappa shape index (κ2) is 5.12. The smallest absolute Gasteiger partial charge is 0.218 e. The van der Waals surface area contributed by atoms with Crippen LogP contribution in [0.2, 0.25) is 5.02 Å². The van der Waals surface area contributed by atoms with E-state index >= 15 is 0 Å². The van der Waals surface area contributed by atoms with Crippen molar-refractivity contribution >= 4 is 33.2 Å². The lowest BCUT2D eigenvalue weighted by Crippen LogP contribution is -2.13. The van der Waals surface area contributed by atoms with E-state index in [0.29, 0.717) is 21.6 Å². The Balaban J connectivity index is 2.40. The van der Waals surface area contributed by atoms with Crippen molar-refractivity contribution in [3.05, 3.63) is 61.7 Å². The van der Waals surface area contributed by atoms with Crippen LogP contribution in [-0.4, -0.2) is 4.57 Å². The maximum absolute atomic E-state index is 13.1. The molecule has 0 unspecified atom stereocenters. The first-order valence-corrected chi connectivity index (χ1v) is 6.23. The van der Waals surface area contributed by atoms with Crippen molar-refractivity contribution in [1.29, 1.82) is 0 Å². The van der Waals surface area contributed by atoms with Crippen LogP contribution in [0.15, 0.2) is 39.9 Å². The van der Waals surface area contributed by atoms with Gasteiger partial charge in [0.2, 0.25) is 5.43 Å². The van der Waals surface area contributed by atoms with Crippen molar-refractivity contribution < 1.29 is 4.39 Å². The minimum Gasteiger partial charge on any atom is -0.394 e. The van der Waals surface area contributed by atoms with Gasteiger partial charge in [-0.15, -0.1) is 0 Å². The Morgan fingerprint density at radius 3 is 2.78 bits per heavy atom. The Bertz CT molecular complexity index is 631. The lowest BCUT2D eigenvalue weighted by atomic mass is 10.2. The highest BCUT2D eigenvalue weighted by Crippen LogP contribution is 2.19. The highest BCUT2D eigenvalue weighted by molar-refractivity contribution is 9.10. The molecule has 0 fully saturated rings. The number of hydrogen-bond acceptors (Lipinski definition) is 2. The van der Waals surface area contributed by atoms with E-state index in [2.05, 4.69) is 15.9 Å². The molecular formula is C12H9BrClFN2O. The van der Waals surface area contributed by atoms with E-state index in [1.54, 1.807) is 10.8 Å². The van der Waals surface area contributed by atoms with Gasteiger partial charge in [0, 0.05) is 24.0 Å². The number of hydrogen-bond donors (Lipinski definition) is 1. The molecule has 1 heterocycles. The summed E-state index contributed by atoms with van der Waals surface area (Å²) in [5, 5.41) is 0.463. The molecule has 18 heavy (non-hydrogen) atoms. The summed E-state index contributed by atoms with van der Waals surface area (Å²) in [6, 6.07) is 4.14. The average molecular weight is 332 g/mol. The Morgan fingerprint density at radius 1 is 1.39 bits per heavy atom. The number of nitrogens with zero attached hydrogens (tertiary/aromatic N) is 1. The molecule has 0 aliphatic carbocycles. The second-order valence-electron chi connectivity index (χ2n) is 3.80. The largest absolute Gasteiger partial charge is 0.394 e. The molecule has 0 atom stereocenters. The molecule has 0 spiro atoms. The molecule has 0 aliphatic heterocycles. The molecule has 0 radical (unpaired) electrons. The van der Waals surface area contributed by atoms with Crippen molar-refractivity contribution in [2.24, 2.45) is 0 Å². The summed E-state index contributed by atoms with van der Waals surface area (Å²) in [5.41, 5.74) is 6.04. The zero-order valence-corrected chi connectivity index (χ0v) is 11.5.